The number of nitrogens with two attached hydrogens (primary N) is 1. The van der Waals surface area contributed by atoms with Crippen LogP contribution in [0.15, 0.2) is 41.1 Å². The molecule has 2 rings (SSSR count). The van der Waals surface area contributed by atoms with Gasteiger partial charge in [0.25, 0.3) is 0 Å². The van der Waals surface area contributed by atoms with Crippen LogP contribution in [0.25, 0.3) is 5.69 Å². The first-order valence-electron chi connectivity index (χ1n) is 4.67. The van der Waals surface area contributed by atoms with Gasteiger partial charge in [0.2, 0.25) is 0 Å². The summed E-state index contributed by atoms with van der Waals surface area (Å²) in [6.07, 6.45) is 3.48. The molecule has 2 N–H and O–H groups in total. The summed E-state index contributed by atoms with van der Waals surface area (Å²) >= 11 is 7.38. The lowest BCUT2D eigenvalue weighted by Gasteiger charge is -2.14. The monoisotopic (exact) mass is 312 g/mol. The highest BCUT2D eigenvalue weighted by Crippen LogP contribution is 2.25. The molecule has 0 aliphatic rings. The number of benzene rings is 1. The fourth-order valence-electron chi connectivity index (χ4n) is 1.36. The minimum atomic E-state index is -0.641. The van der Waals surface area contributed by atoms with Gasteiger partial charge in [-0.1, -0.05) is 28.7 Å². The Bertz CT molecular complexity index is 543. The van der Waals surface area contributed by atoms with Gasteiger partial charge in [-0.05, 0) is 24.3 Å². The van der Waals surface area contributed by atoms with E-state index in [4.69, 9.17) is 5.73 Å². The van der Waals surface area contributed by atoms with Crippen molar-refractivity contribution in [3.63, 3.8) is 0 Å². The van der Waals surface area contributed by atoms with Gasteiger partial charge in [0.15, 0.2) is 0 Å². The quantitative estimate of drug-likeness (QED) is 0.836. The summed E-state index contributed by atoms with van der Waals surface area (Å²) in [5.74, 6) is 0. The molecule has 0 bridgehead atoms. The molecule has 0 radical (unpaired) electrons. The highest BCUT2D eigenvalue weighted by molar-refractivity contribution is 9.10. The van der Waals surface area contributed by atoms with Gasteiger partial charge < -0.3 is 5.73 Å². The first-order valence-corrected chi connectivity index (χ1v) is 5.86. The van der Waals surface area contributed by atoms with Gasteiger partial charge >= 0.3 is 6.03 Å². The predicted octanol–water partition coefficient (Wildman–Crippen LogP) is 2.36. The van der Waals surface area contributed by atoms with E-state index in [0.717, 1.165) is 14.5 Å². The summed E-state index contributed by atoms with van der Waals surface area (Å²) in [5.41, 5.74) is 6.54. The van der Waals surface area contributed by atoms with E-state index in [1.807, 2.05) is 12.1 Å². The third-order valence-electron chi connectivity index (χ3n) is 2.09. The van der Waals surface area contributed by atoms with Crippen LogP contribution in [0.5, 0.6) is 0 Å². The van der Waals surface area contributed by atoms with Crippen LogP contribution in [0.2, 0.25) is 0 Å². The molecule has 1 aromatic carbocycles. The van der Waals surface area contributed by atoms with Crippen LogP contribution in [0, 0.1) is 0 Å². The van der Waals surface area contributed by atoms with E-state index in [0.29, 0.717) is 5.69 Å². The molecule has 0 aliphatic heterocycles. The van der Waals surface area contributed by atoms with Crippen molar-refractivity contribution < 1.29 is 4.79 Å². The molecule has 0 spiro atoms. The molecule has 88 valence electrons. The summed E-state index contributed by atoms with van der Waals surface area (Å²) in [7, 11) is 0. The smallest absolute Gasteiger partial charge is 0.329 e. The van der Waals surface area contributed by atoms with E-state index in [1.54, 1.807) is 29.2 Å². The van der Waals surface area contributed by atoms with Gasteiger partial charge in [-0.3, -0.25) is 0 Å². The van der Waals surface area contributed by atoms with Crippen LogP contribution in [-0.2, 0) is 0 Å². The molecule has 2 amide bonds. The van der Waals surface area contributed by atoms with Crippen molar-refractivity contribution in [2.75, 3.05) is 4.31 Å². The van der Waals surface area contributed by atoms with Crippen molar-refractivity contribution in [1.82, 2.24) is 9.78 Å². The van der Waals surface area contributed by atoms with Gasteiger partial charge in [0.05, 0.1) is 11.4 Å². The van der Waals surface area contributed by atoms with Gasteiger partial charge in [-0.15, -0.1) is 0 Å². The fourth-order valence-corrected chi connectivity index (χ4v) is 1.95. The van der Waals surface area contributed by atoms with E-state index >= 15 is 0 Å². The molecule has 7 heteroatoms. The van der Waals surface area contributed by atoms with Crippen LogP contribution in [0.3, 0.4) is 0 Å². The molecule has 0 atom stereocenters. The Morgan fingerprint density at radius 3 is 2.82 bits per heavy atom. The number of nitrogens with zero attached hydrogens (tertiary/aromatic N) is 3. The second kappa shape index (κ2) is 4.80. The van der Waals surface area contributed by atoms with Gasteiger partial charge in [-0.25, -0.2) is 13.8 Å². The molecule has 0 saturated carbocycles. The van der Waals surface area contributed by atoms with Crippen LogP contribution in [0.1, 0.15) is 0 Å². The number of thiol groups is 1. The van der Waals surface area contributed by atoms with Crippen LogP contribution >= 0.6 is 28.7 Å². The maximum Gasteiger partial charge on any atom is 0.329 e. The zero-order valence-electron chi connectivity index (χ0n) is 8.62. The second-order valence-electron chi connectivity index (χ2n) is 3.27. The second-order valence-corrected chi connectivity index (χ2v) is 4.58. The number of carbonyl (C=O) groups excluding carboxylic acids is 1. The first-order chi connectivity index (χ1) is 8.08. The molecule has 0 saturated heterocycles. The number of hydrogen-bond donors (Lipinski definition) is 2. The molecular formula is C10H9BrN4OS. The third-order valence-corrected chi connectivity index (χ3v) is 2.98. The molecule has 0 unspecified atom stereocenters. The zero-order chi connectivity index (χ0) is 12.4. The fraction of sp³-hybridized carbons (Fsp3) is 0. The lowest BCUT2D eigenvalue weighted by molar-refractivity contribution is 0.257. The van der Waals surface area contributed by atoms with E-state index in [9.17, 15) is 4.79 Å². The number of aromatic nitrogens is 2. The molecule has 2 aromatic rings. The Balaban J connectivity index is 2.46. The largest absolute Gasteiger partial charge is 0.350 e. The number of amides is 2. The number of urea groups is 1. The number of rotatable bonds is 2. The molecule has 0 aliphatic carbocycles. The van der Waals surface area contributed by atoms with Crippen molar-refractivity contribution in [3.8, 4) is 5.69 Å². The average Bonchev–Trinajstić information content (AvgIpc) is 2.80. The molecule has 1 heterocycles. The van der Waals surface area contributed by atoms with Crippen molar-refractivity contribution in [2.45, 2.75) is 0 Å². The normalized spacial score (nSPS) is 10.2. The van der Waals surface area contributed by atoms with Crippen LogP contribution < -0.4 is 10.0 Å². The zero-order valence-corrected chi connectivity index (χ0v) is 11.1. The average molecular weight is 313 g/mol. The van der Waals surface area contributed by atoms with Crippen LogP contribution in [0.4, 0.5) is 10.5 Å². The molecular weight excluding hydrogens is 304 g/mol. The third kappa shape index (κ3) is 2.62. The SMILES string of the molecule is NC(=O)N(S)c1cc(Br)cc(-n2cccn2)c1. The summed E-state index contributed by atoms with van der Waals surface area (Å²) in [4.78, 5) is 11.0. The molecule has 17 heavy (non-hydrogen) atoms. The van der Waals surface area contributed by atoms with Crippen molar-refractivity contribution in [1.29, 1.82) is 0 Å². The number of anilines is 1. The van der Waals surface area contributed by atoms with E-state index < -0.39 is 6.03 Å². The minimum absolute atomic E-state index is 0.570. The summed E-state index contributed by atoms with van der Waals surface area (Å²) in [6, 6.07) is 6.55. The lowest BCUT2D eigenvalue weighted by Crippen LogP contribution is -2.27. The topological polar surface area (TPSA) is 64.2 Å². The predicted molar refractivity (Wildman–Crippen MR) is 72.3 cm³/mol. The number of halogens is 1. The Morgan fingerprint density at radius 2 is 2.24 bits per heavy atom. The molecule has 5 nitrogen and oxygen atoms in total. The highest BCUT2D eigenvalue weighted by Gasteiger charge is 2.10. The maximum absolute atomic E-state index is 11.0. The standard InChI is InChI=1S/C10H9BrN4OS/c11-7-4-8(14-3-1-2-13-14)6-9(5-7)15(17)10(12)16/h1-6,17H,(H2,12,16). The summed E-state index contributed by atoms with van der Waals surface area (Å²) in [5, 5.41) is 4.11. The summed E-state index contributed by atoms with van der Waals surface area (Å²) < 4.78 is 3.55. The first kappa shape index (κ1) is 12.0. The van der Waals surface area contributed by atoms with Crippen molar-refractivity contribution >= 4 is 40.5 Å². The van der Waals surface area contributed by atoms with E-state index in [1.165, 1.54) is 0 Å². The van der Waals surface area contributed by atoms with E-state index in [2.05, 4.69) is 33.8 Å². The van der Waals surface area contributed by atoms with Gasteiger partial charge in [0.1, 0.15) is 0 Å². The Morgan fingerprint density at radius 1 is 1.47 bits per heavy atom. The minimum Gasteiger partial charge on any atom is -0.350 e. The maximum atomic E-state index is 11.0. The number of hydrogen-bond acceptors (Lipinski definition) is 3. The Hall–Kier alpha value is -1.47. The lowest BCUT2D eigenvalue weighted by atomic mass is 10.3. The van der Waals surface area contributed by atoms with Gasteiger partial charge in [0, 0.05) is 16.9 Å². The Labute approximate surface area is 112 Å². The van der Waals surface area contributed by atoms with E-state index in [-0.39, 0.29) is 0 Å². The number of primary amides is 1. The Kier molecular flexibility index (Phi) is 3.39. The van der Waals surface area contributed by atoms with Crippen LogP contribution in [-0.4, -0.2) is 15.8 Å². The van der Waals surface area contributed by atoms with Gasteiger partial charge in [-0.2, -0.15) is 5.10 Å². The molecule has 1 aromatic heterocycles. The molecule has 0 fully saturated rings. The van der Waals surface area contributed by atoms with Crippen molar-refractivity contribution in [3.05, 3.63) is 41.1 Å². The van der Waals surface area contributed by atoms with Crippen molar-refractivity contribution in [2.24, 2.45) is 5.73 Å². The number of carbonyl (C=O) groups is 1. The summed E-state index contributed by atoms with van der Waals surface area (Å²) in [6.45, 7) is 0. The highest BCUT2D eigenvalue weighted by atomic mass is 79.9.